The fraction of sp³-hybridized carbons (Fsp3) is 0.500. The van der Waals surface area contributed by atoms with Gasteiger partial charge in [-0.3, -0.25) is 9.59 Å². The molecule has 1 aromatic carbocycles. The molecule has 26 heavy (non-hydrogen) atoms. The maximum Gasteiger partial charge on any atom is 0.245 e. The van der Waals surface area contributed by atoms with Crippen molar-refractivity contribution in [3.05, 3.63) is 40.9 Å². The van der Waals surface area contributed by atoms with Gasteiger partial charge in [-0.25, -0.2) is 0 Å². The zero-order valence-corrected chi connectivity index (χ0v) is 16.7. The molecular weight excluding hydrogens is 396 g/mol. The molecule has 2 fully saturated rings. The molecule has 2 amide bonds. The lowest BCUT2D eigenvalue weighted by Crippen LogP contribution is -2.43. The number of halogens is 1. The van der Waals surface area contributed by atoms with Gasteiger partial charge >= 0.3 is 0 Å². The van der Waals surface area contributed by atoms with Gasteiger partial charge < -0.3 is 14.5 Å². The van der Waals surface area contributed by atoms with Crippen LogP contribution in [0.5, 0.6) is 5.75 Å². The van der Waals surface area contributed by atoms with Crippen LogP contribution in [0.25, 0.3) is 0 Å². The Labute approximate surface area is 163 Å². The third-order valence-electron chi connectivity index (χ3n) is 5.42. The van der Waals surface area contributed by atoms with Gasteiger partial charge in [0.1, 0.15) is 5.75 Å². The standard InChI is InChI=1S/C20H25BrN2O3/c1-3-19(24)22-11-8-14(9-12-22)20(25)23-10-4-5-17(23)16-13-15(21)6-7-18(16)26-2/h3,6-7,13-14,17H,1,4-5,8-12H2,2H3. The number of ether oxygens (including phenoxy) is 1. The zero-order chi connectivity index (χ0) is 18.7. The monoisotopic (exact) mass is 420 g/mol. The number of rotatable bonds is 4. The molecule has 5 nitrogen and oxygen atoms in total. The van der Waals surface area contributed by atoms with E-state index in [1.165, 1.54) is 6.08 Å². The molecule has 2 aliphatic rings. The minimum Gasteiger partial charge on any atom is -0.496 e. The van der Waals surface area contributed by atoms with E-state index in [1.54, 1.807) is 12.0 Å². The molecule has 140 valence electrons. The number of likely N-dealkylation sites (tertiary alicyclic amines) is 2. The smallest absolute Gasteiger partial charge is 0.245 e. The fourth-order valence-electron chi connectivity index (χ4n) is 4.03. The van der Waals surface area contributed by atoms with E-state index in [2.05, 4.69) is 28.6 Å². The van der Waals surface area contributed by atoms with Crippen LogP contribution in [0.3, 0.4) is 0 Å². The molecule has 2 saturated heterocycles. The molecule has 0 spiro atoms. The van der Waals surface area contributed by atoms with E-state index in [0.717, 1.165) is 48.0 Å². The van der Waals surface area contributed by atoms with Crippen molar-refractivity contribution < 1.29 is 14.3 Å². The van der Waals surface area contributed by atoms with Crippen LogP contribution in [-0.2, 0) is 9.59 Å². The summed E-state index contributed by atoms with van der Waals surface area (Å²) in [5, 5.41) is 0. The Hall–Kier alpha value is -1.82. The van der Waals surface area contributed by atoms with Crippen LogP contribution in [0.2, 0.25) is 0 Å². The number of carbonyl (C=O) groups excluding carboxylic acids is 2. The molecule has 1 unspecified atom stereocenters. The number of carbonyl (C=O) groups is 2. The van der Waals surface area contributed by atoms with Gasteiger partial charge in [0, 0.05) is 35.6 Å². The molecule has 2 aliphatic heterocycles. The number of methoxy groups -OCH3 is 1. The molecule has 0 N–H and O–H groups in total. The highest BCUT2D eigenvalue weighted by Crippen LogP contribution is 2.39. The van der Waals surface area contributed by atoms with Crippen molar-refractivity contribution in [3.63, 3.8) is 0 Å². The molecule has 3 rings (SSSR count). The lowest BCUT2D eigenvalue weighted by atomic mass is 9.94. The van der Waals surface area contributed by atoms with Gasteiger partial charge in [-0.15, -0.1) is 0 Å². The van der Waals surface area contributed by atoms with Gasteiger partial charge in [0.2, 0.25) is 11.8 Å². The molecule has 1 aromatic rings. The quantitative estimate of drug-likeness (QED) is 0.699. The molecule has 6 heteroatoms. The molecule has 0 radical (unpaired) electrons. The first kappa shape index (κ1) is 19.0. The highest BCUT2D eigenvalue weighted by atomic mass is 79.9. The van der Waals surface area contributed by atoms with Crippen LogP contribution in [0.1, 0.15) is 37.3 Å². The fourth-order valence-corrected chi connectivity index (χ4v) is 4.41. The zero-order valence-electron chi connectivity index (χ0n) is 15.1. The SMILES string of the molecule is C=CC(=O)N1CCC(C(=O)N2CCCC2c2cc(Br)ccc2OC)CC1. The average Bonchev–Trinajstić information content (AvgIpc) is 3.16. The predicted octanol–water partition coefficient (Wildman–Crippen LogP) is 3.55. The average molecular weight is 421 g/mol. The summed E-state index contributed by atoms with van der Waals surface area (Å²) in [5.74, 6) is 0.973. The number of piperidine rings is 1. The van der Waals surface area contributed by atoms with Crippen molar-refractivity contribution in [1.82, 2.24) is 9.80 Å². The highest BCUT2D eigenvalue weighted by Gasteiger charge is 2.36. The Morgan fingerprint density at radius 1 is 1.23 bits per heavy atom. The van der Waals surface area contributed by atoms with Crippen LogP contribution in [0.4, 0.5) is 0 Å². The normalized spacial score (nSPS) is 20.9. The minimum absolute atomic E-state index is 0.0115. The van der Waals surface area contributed by atoms with E-state index in [0.29, 0.717) is 13.1 Å². The summed E-state index contributed by atoms with van der Waals surface area (Å²) in [6.45, 7) is 5.57. The van der Waals surface area contributed by atoms with Gasteiger partial charge in [-0.05, 0) is 50.0 Å². The molecule has 2 heterocycles. The topological polar surface area (TPSA) is 49.9 Å². The van der Waals surface area contributed by atoms with Gasteiger partial charge in [-0.1, -0.05) is 22.5 Å². The Balaban J connectivity index is 1.73. The first-order valence-electron chi connectivity index (χ1n) is 9.10. The van der Waals surface area contributed by atoms with Crippen molar-refractivity contribution >= 4 is 27.7 Å². The lowest BCUT2D eigenvalue weighted by Gasteiger charge is -2.35. The van der Waals surface area contributed by atoms with Crippen LogP contribution in [0.15, 0.2) is 35.3 Å². The van der Waals surface area contributed by atoms with E-state index >= 15 is 0 Å². The van der Waals surface area contributed by atoms with Crippen LogP contribution in [0, 0.1) is 5.92 Å². The largest absolute Gasteiger partial charge is 0.496 e. The number of hydrogen-bond donors (Lipinski definition) is 0. The van der Waals surface area contributed by atoms with E-state index < -0.39 is 0 Å². The second-order valence-electron chi connectivity index (χ2n) is 6.88. The van der Waals surface area contributed by atoms with Crippen molar-refractivity contribution in [1.29, 1.82) is 0 Å². The second kappa shape index (κ2) is 8.25. The molecule has 1 atom stereocenters. The van der Waals surface area contributed by atoms with Gasteiger partial charge in [0.25, 0.3) is 0 Å². The lowest BCUT2D eigenvalue weighted by molar-refractivity contribution is -0.140. The number of amides is 2. The Bertz CT molecular complexity index is 698. The van der Waals surface area contributed by atoms with Crippen molar-refractivity contribution in [2.24, 2.45) is 5.92 Å². The van der Waals surface area contributed by atoms with Crippen molar-refractivity contribution in [2.75, 3.05) is 26.7 Å². The summed E-state index contributed by atoms with van der Waals surface area (Å²) >= 11 is 3.53. The van der Waals surface area contributed by atoms with Crippen molar-refractivity contribution in [3.8, 4) is 5.75 Å². The van der Waals surface area contributed by atoms with E-state index in [9.17, 15) is 9.59 Å². The summed E-state index contributed by atoms with van der Waals surface area (Å²) in [4.78, 5) is 28.7. The van der Waals surface area contributed by atoms with Gasteiger partial charge in [0.05, 0.1) is 13.2 Å². The third kappa shape index (κ3) is 3.80. The predicted molar refractivity (Wildman–Crippen MR) is 104 cm³/mol. The maximum absolute atomic E-state index is 13.2. The minimum atomic E-state index is -0.0474. The Kier molecular flexibility index (Phi) is 6.01. The van der Waals surface area contributed by atoms with E-state index in [1.807, 2.05) is 17.0 Å². The molecule has 0 saturated carbocycles. The number of benzene rings is 1. The molecule has 0 aliphatic carbocycles. The Morgan fingerprint density at radius 3 is 2.62 bits per heavy atom. The summed E-state index contributed by atoms with van der Waals surface area (Å²) in [6, 6.07) is 6.01. The third-order valence-corrected chi connectivity index (χ3v) is 5.91. The second-order valence-corrected chi connectivity index (χ2v) is 7.80. The van der Waals surface area contributed by atoms with Crippen molar-refractivity contribution in [2.45, 2.75) is 31.7 Å². The molecule has 0 aromatic heterocycles. The number of hydrogen-bond acceptors (Lipinski definition) is 3. The van der Waals surface area contributed by atoms with Crippen LogP contribution in [-0.4, -0.2) is 48.4 Å². The summed E-state index contributed by atoms with van der Waals surface area (Å²) in [6.07, 6.45) is 4.74. The molecular formula is C20H25BrN2O3. The van der Waals surface area contributed by atoms with E-state index in [-0.39, 0.29) is 23.8 Å². The maximum atomic E-state index is 13.2. The van der Waals surface area contributed by atoms with Crippen LogP contribution < -0.4 is 4.74 Å². The van der Waals surface area contributed by atoms with Crippen LogP contribution >= 0.6 is 15.9 Å². The Morgan fingerprint density at radius 2 is 1.96 bits per heavy atom. The highest BCUT2D eigenvalue weighted by molar-refractivity contribution is 9.10. The number of nitrogens with zero attached hydrogens (tertiary/aromatic N) is 2. The van der Waals surface area contributed by atoms with Gasteiger partial charge in [-0.2, -0.15) is 0 Å². The van der Waals surface area contributed by atoms with E-state index in [4.69, 9.17) is 4.74 Å². The summed E-state index contributed by atoms with van der Waals surface area (Å²) < 4.78 is 6.52. The first-order chi connectivity index (χ1) is 12.5. The molecule has 0 bridgehead atoms. The van der Waals surface area contributed by atoms with Gasteiger partial charge in [0.15, 0.2) is 0 Å². The summed E-state index contributed by atoms with van der Waals surface area (Å²) in [5.41, 5.74) is 1.06. The summed E-state index contributed by atoms with van der Waals surface area (Å²) in [7, 11) is 1.67. The first-order valence-corrected chi connectivity index (χ1v) is 9.89.